The third kappa shape index (κ3) is 7.12. The van der Waals surface area contributed by atoms with E-state index in [0.29, 0.717) is 23.2 Å². The number of hydrogen-bond donors (Lipinski definition) is 2. The molecular formula is C25H29F4N5O2. The molecule has 0 spiro atoms. The molecule has 2 aromatic heterocycles. The molecule has 11 heteroatoms. The van der Waals surface area contributed by atoms with Gasteiger partial charge in [0.2, 0.25) is 0 Å². The Morgan fingerprint density at radius 3 is 2.50 bits per heavy atom. The monoisotopic (exact) mass is 507 g/mol. The molecule has 0 bridgehead atoms. The number of hydrogen-bond acceptors (Lipinski definition) is 5. The van der Waals surface area contributed by atoms with E-state index in [0.717, 1.165) is 37.3 Å². The number of nitrogens with one attached hydrogen (secondary N) is 1. The Bertz CT molecular complexity index is 1360. The van der Waals surface area contributed by atoms with Crippen LogP contribution < -0.4 is 16.9 Å². The van der Waals surface area contributed by atoms with Crippen molar-refractivity contribution in [3.63, 3.8) is 0 Å². The van der Waals surface area contributed by atoms with Gasteiger partial charge in [-0.25, -0.2) is 9.49 Å². The average molecular weight is 508 g/mol. The van der Waals surface area contributed by atoms with Crippen molar-refractivity contribution in [2.45, 2.75) is 52.3 Å². The van der Waals surface area contributed by atoms with Crippen LogP contribution in [0.1, 0.15) is 50.7 Å². The lowest BCUT2D eigenvalue weighted by atomic mass is 10.0. The molecule has 0 unspecified atom stereocenters. The zero-order valence-corrected chi connectivity index (χ0v) is 20.3. The molecule has 2 heterocycles. The molecule has 0 atom stereocenters. The predicted molar refractivity (Wildman–Crippen MR) is 134 cm³/mol. The number of H-pyrrole nitrogens is 1. The highest BCUT2D eigenvalue weighted by molar-refractivity contribution is 6.10. The van der Waals surface area contributed by atoms with Gasteiger partial charge in [-0.2, -0.15) is 18.3 Å². The lowest BCUT2D eigenvalue weighted by Crippen LogP contribution is -2.24. The number of alkyl halides is 3. The number of aryl methyl sites for hydroxylation is 1. The lowest BCUT2D eigenvalue weighted by molar-refractivity contribution is -0.138. The molecule has 0 radical (unpaired) electrons. The van der Waals surface area contributed by atoms with Crippen molar-refractivity contribution in [3.05, 3.63) is 80.4 Å². The minimum Gasteiger partial charge on any atom is -0.397 e. The Morgan fingerprint density at radius 2 is 1.94 bits per heavy atom. The lowest BCUT2D eigenvalue weighted by Gasteiger charge is -2.09. The van der Waals surface area contributed by atoms with E-state index in [1.165, 1.54) is 6.07 Å². The molecule has 36 heavy (non-hydrogen) atoms. The molecule has 0 saturated carbocycles. The van der Waals surface area contributed by atoms with Crippen LogP contribution in [0, 0.1) is 5.82 Å². The van der Waals surface area contributed by atoms with Crippen LogP contribution in [0.3, 0.4) is 0 Å². The molecular weight excluding hydrogens is 478 g/mol. The van der Waals surface area contributed by atoms with Crippen molar-refractivity contribution < 1.29 is 17.6 Å². The highest BCUT2D eigenvalue weighted by Crippen LogP contribution is 2.29. The molecule has 1 aromatic carbocycles. The van der Waals surface area contributed by atoms with Crippen molar-refractivity contribution in [1.82, 2.24) is 14.8 Å². The quantitative estimate of drug-likeness (QED) is 0.264. The molecule has 0 amide bonds. The van der Waals surface area contributed by atoms with Crippen LogP contribution in [0.25, 0.3) is 10.8 Å². The smallest absolute Gasteiger partial charge is 0.397 e. The van der Waals surface area contributed by atoms with Gasteiger partial charge in [0.1, 0.15) is 11.4 Å². The second-order valence-electron chi connectivity index (χ2n) is 7.89. The Balaban J connectivity index is 0.000000319. The van der Waals surface area contributed by atoms with Crippen LogP contribution in [-0.2, 0) is 12.7 Å². The number of rotatable bonds is 7. The molecule has 3 aromatic rings. The highest BCUT2D eigenvalue weighted by atomic mass is 19.4. The van der Waals surface area contributed by atoms with Gasteiger partial charge in [-0.3, -0.25) is 14.6 Å². The number of nitrogens with two attached hydrogens (primary N) is 1. The van der Waals surface area contributed by atoms with Gasteiger partial charge < -0.3 is 10.3 Å². The summed E-state index contributed by atoms with van der Waals surface area (Å²) >= 11 is 0. The van der Waals surface area contributed by atoms with Gasteiger partial charge in [-0.1, -0.05) is 32.8 Å². The molecule has 0 fully saturated rings. The van der Waals surface area contributed by atoms with Gasteiger partial charge in [0.05, 0.1) is 23.0 Å². The third-order valence-electron chi connectivity index (χ3n) is 5.26. The van der Waals surface area contributed by atoms with Crippen molar-refractivity contribution >= 4 is 22.2 Å². The summed E-state index contributed by atoms with van der Waals surface area (Å²) in [5.41, 5.74) is 2.38. The second-order valence-corrected chi connectivity index (χ2v) is 7.89. The molecule has 7 nitrogen and oxygen atoms in total. The maximum Gasteiger partial charge on any atom is 0.423 e. The van der Waals surface area contributed by atoms with Crippen LogP contribution >= 0.6 is 0 Å². The fraction of sp³-hybridized carbons (Fsp3) is 0.360. The Kier molecular flexibility index (Phi) is 10.1. The number of benzene rings is 1. The molecule has 3 N–H and O–H groups in total. The van der Waals surface area contributed by atoms with Gasteiger partial charge >= 0.3 is 6.18 Å². The van der Waals surface area contributed by atoms with Crippen molar-refractivity contribution in [3.8, 4) is 0 Å². The number of aliphatic imine (C=N–C) groups is 1. The minimum atomic E-state index is -4.74. The van der Waals surface area contributed by atoms with Crippen LogP contribution in [0.5, 0.6) is 0 Å². The van der Waals surface area contributed by atoms with Gasteiger partial charge in [-0.05, 0) is 42.5 Å². The van der Waals surface area contributed by atoms with E-state index in [1.807, 2.05) is 25.1 Å². The maximum atomic E-state index is 14.5. The highest BCUT2D eigenvalue weighted by Gasteiger charge is 2.36. The summed E-state index contributed by atoms with van der Waals surface area (Å²) in [6, 6.07) is 4.93. The predicted octanol–water partition coefficient (Wildman–Crippen LogP) is 5.09. The van der Waals surface area contributed by atoms with E-state index >= 15 is 0 Å². The Hall–Kier alpha value is -3.76. The second kappa shape index (κ2) is 12.8. The normalized spacial score (nSPS) is 12.1. The zero-order valence-electron chi connectivity index (χ0n) is 20.3. The number of halogens is 4. The van der Waals surface area contributed by atoms with Crippen molar-refractivity contribution in [1.29, 1.82) is 0 Å². The summed E-state index contributed by atoms with van der Waals surface area (Å²) in [7, 11) is 1.64. The van der Waals surface area contributed by atoms with E-state index in [2.05, 4.69) is 17.0 Å². The van der Waals surface area contributed by atoms with Gasteiger partial charge in [0, 0.05) is 25.4 Å². The average Bonchev–Trinajstić information content (AvgIpc) is 2.81. The first kappa shape index (κ1) is 28.5. The molecule has 0 aliphatic heterocycles. The van der Waals surface area contributed by atoms with E-state index in [4.69, 9.17) is 5.73 Å². The van der Waals surface area contributed by atoms with Crippen LogP contribution in [0.4, 0.5) is 23.2 Å². The summed E-state index contributed by atoms with van der Waals surface area (Å²) in [5.74, 6) is -0.410. The van der Waals surface area contributed by atoms with Crippen LogP contribution in [0.15, 0.2) is 57.3 Å². The minimum absolute atomic E-state index is 0.131. The third-order valence-corrected chi connectivity index (χ3v) is 5.26. The summed E-state index contributed by atoms with van der Waals surface area (Å²) < 4.78 is 52.2. The van der Waals surface area contributed by atoms with E-state index in [-0.39, 0.29) is 5.56 Å². The topological polar surface area (TPSA) is 106 Å². The first-order valence-corrected chi connectivity index (χ1v) is 11.4. The number of aromatic amines is 1. The molecule has 0 aliphatic rings. The summed E-state index contributed by atoms with van der Waals surface area (Å²) in [6.45, 7) is 4.81. The Morgan fingerprint density at radius 1 is 1.22 bits per heavy atom. The number of pyridine rings is 1. The van der Waals surface area contributed by atoms with E-state index in [1.54, 1.807) is 29.0 Å². The number of nitrogens with zero attached hydrogens (tertiary/aromatic N) is 3. The number of allylic oxidation sites excluding steroid dienone is 2. The van der Waals surface area contributed by atoms with Gasteiger partial charge in [-0.15, -0.1) is 0 Å². The molecule has 3 rings (SSSR count). The standard InChI is InChI=1S/C20H25FN2O.C5H4F3N3O/c1-4-6-8-11-23-12-10-15-13-17(19(22-3)9-7-5-2)18(21)14-16(15)20(23)24;6-5(7,8)3-2(9)1-10-11-4(3)12/h7,9-10,12-14H,4-6,8,11H2,1-3H3;1H,(H3,9,11,12)/b9-7-,22-19?;. The fourth-order valence-electron chi connectivity index (χ4n) is 3.43. The van der Waals surface area contributed by atoms with E-state index < -0.39 is 28.8 Å². The Labute approximate surface area is 205 Å². The van der Waals surface area contributed by atoms with E-state index in [9.17, 15) is 27.2 Å². The largest absolute Gasteiger partial charge is 0.423 e. The fourth-order valence-corrected chi connectivity index (χ4v) is 3.43. The summed E-state index contributed by atoms with van der Waals surface area (Å²) in [5, 5.41) is 5.90. The first-order chi connectivity index (χ1) is 17.0. The summed E-state index contributed by atoms with van der Waals surface area (Å²) in [4.78, 5) is 27.3. The number of nitrogen functional groups attached to an aromatic ring is 1. The van der Waals surface area contributed by atoms with Crippen molar-refractivity contribution in [2.24, 2.45) is 4.99 Å². The molecule has 194 valence electrons. The number of anilines is 1. The van der Waals surface area contributed by atoms with Gasteiger partial charge in [0.25, 0.3) is 11.1 Å². The van der Waals surface area contributed by atoms with Crippen LogP contribution in [-0.4, -0.2) is 27.5 Å². The zero-order chi connectivity index (χ0) is 26.9. The number of aromatic nitrogens is 3. The number of unbranched alkanes of at least 4 members (excludes halogenated alkanes) is 2. The first-order valence-electron chi connectivity index (χ1n) is 11.4. The summed E-state index contributed by atoms with van der Waals surface area (Å²) in [6.07, 6.45) is 5.56. The van der Waals surface area contributed by atoms with Crippen LogP contribution in [0.2, 0.25) is 0 Å². The molecule has 0 saturated heterocycles. The SMILES string of the molecule is CC/C=C\C(=NC)c1cc2ccn(CCCCC)c(=O)c2cc1F.Nc1cn[nH]c(=O)c1C(F)(F)F. The molecule has 0 aliphatic carbocycles. The maximum absolute atomic E-state index is 14.5. The number of fused-ring (bicyclic) bond motifs is 1. The van der Waals surface area contributed by atoms with Crippen molar-refractivity contribution in [2.75, 3.05) is 12.8 Å². The van der Waals surface area contributed by atoms with Gasteiger partial charge in [0.15, 0.2) is 0 Å².